The first-order chi connectivity index (χ1) is 12.5. The topological polar surface area (TPSA) is 114 Å². The van der Waals surface area contributed by atoms with Crippen LogP contribution in [0.25, 0.3) is 5.69 Å². The van der Waals surface area contributed by atoms with Crippen LogP contribution >= 0.6 is 0 Å². The number of pyridine rings is 1. The number of tetrazole rings is 1. The number of aromatic nitrogens is 5. The first kappa shape index (κ1) is 15.0. The number of nitrogens with one attached hydrogen (secondary N) is 1. The van der Waals surface area contributed by atoms with E-state index in [-0.39, 0.29) is 22.6 Å². The van der Waals surface area contributed by atoms with Gasteiger partial charge < -0.3 is 5.11 Å². The molecular weight excluding hydrogens is 334 g/mol. The number of fused-ring (bicyclic) bond motifs is 3. The van der Waals surface area contributed by atoms with Crippen LogP contribution in [-0.2, 0) is 11.8 Å². The van der Waals surface area contributed by atoms with Crippen molar-refractivity contribution < 1.29 is 9.90 Å². The number of nitrogens with zero attached hydrogens (tertiary/aromatic N) is 4. The van der Waals surface area contributed by atoms with E-state index in [1.54, 1.807) is 4.57 Å². The Hall–Kier alpha value is -3.29. The van der Waals surface area contributed by atoms with Crippen LogP contribution in [0.3, 0.4) is 0 Å². The SMILES string of the molecule is CC12CCCc3c(O)c(C(=O)c4nn[nH]n4)c(=O)n(c31)-c1ccccc12. The number of hydrogen-bond donors (Lipinski definition) is 2. The van der Waals surface area contributed by atoms with E-state index < -0.39 is 11.3 Å². The van der Waals surface area contributed by atoms with Crippen molar-refractivity contribution >= 4 is 5.78 Å². The molecule has 8 heteroatoms. The molecule has 130 valence electrons. The number of ketones is 1. The number of aromatic hydroxyl groups is 1. The van der Waals surface area contributed by atoms with Gasteiger partial charge in [0.15, 0.2) is 0 Å². The van der Waals surface area contributed by atoms with Crippen molar-refractivity contribution in [1.82, 2.24) is 25.2 Å². The molecule has 0 spiro atoms. The fourth-order valence-electron chi connectivity index (χ4n) is 4.47. The third-order valence-electron chi connectivity index (χ3n) is 5.59. The Kier molecular flexibility index (Phi) is 2.81. The van der Waals surface area contributed by atoms with E-state index in [2.05, 4.69) is 27.5 Å². The Morgan fingerprint density at radius 3 is 2.92 bits per heavy atom. The number of aromatic amines is 1. The fraction of sp³-hybridized carbons (Fsp3) is 0.278. The zero-order chi connectivity index (χ0) is 18.1. The summed E-state index contributed by atoms with van der Waals surface area (Å²) in [6.07, 6.45) is 2.35. The number of benzene rings is 1. The standard InChI is InChI=1S/C18H15N5O3/c1-18-8-4-5-9-13(24)12(14(25)16-19-21-22-20-16)17(26)23(15(9)18)11-7-3-2-6-10(11)18/h2-3,6-7,24H,4-5,8H2,1H3,(H,19,20,21,22). The quantitative estimate of drug-likeness (QED) is 0.673. The van der Waals surface area contributed by atoms with Crippen LogP contribution in [0.5, 0.6) is 5.75 Å². The van der Waals surface area contributed by atoms with E-state index >= 15 is 0 Å². The van der Waals surface area contributed by atoms with Gasteiger partial charge in [-0.1, -0.05) is 18.2 Å². The first-order valence-corrected chi connectivity index (χ1v) is 8.43. The van der Waals surface area contributed by atoms with Crippen molar-refractivity contribution in [2.45, 2.75) is 31.6 Å². The van der Waals surface area contributed by atoms with Gasteiger partial charge in [-0.25, -0.2) is 0 Å². The highest BCUT2D eigenvalue weighted by Gasteiger charge is 2.46. The van der Waals surface area contributed by atoms with Crippen molar-refractivity contribution in [3.8, 4) is 11.4 Å². The molecule has 2 aromatic heterocycles. The average Bonchev–Trinajstić information content (AvgIpc) is 3.25. The lowest BCUT2D eigenvalue weighted by molar-refractivity contribution is 0.102. The Labute approximate surface area is 147 Å². The zero-order valence-electron chi connectivity index (χ0n) is 14.0. The van der Waals surface area contributed by atoms with E-state index in [0.29, 0.717) is 12.0 Å². The Balaban J connectivity index is 1.90. The molecule has 0 radical (unpaired) electrons. The molecule has 0 saturated carbocycles. The van der Waals surface area contributed by atoms with Crippen LogP contribution in [0.15, 0.2) is 29.1 Å². The molecule has 1 aliphatic heterocycles. The maximum absolute atomic E-state index is 13.3. The van der Waals surface area contributed by atoms with Gasteiger partial charge in [0.05, 0.1) is 5.69 Å². The third-order valence-corrected chi connectivity index (χ3v) is 5.59. The Morgan fingerprint density at radius 2 is 2.15 bits per heavy atom. The number of rotatable bonds is 2. The predicted octanol–water partition coefficient (Wildman–Crippen LogP) is 1.24. The van der Waals surface area contributed by atoms with Gasteiger partial charge in [0.25, 0.3) is 5.56 Å². The summed E-state index contributed by atoms with van der Waals surface area (Å²) in [5.74, 6) is -1.23. The minimum Gasteiger partial charge on any atom is -0.507 e. The van der Waals surface area contributed by atoms with Crippen molar-refractivity contribution in [2.24, 2.45) is 0 Å². The highest BCUT2D eigenvalue weighted by molar-refractivity contribution is 6.08. The molecule has 26 heavy (non-hydrogen) atoms. The molecule has 0 amide bonds. The van der Waals surface area contributed by atoms with Crippen molar-refractivity contribution in [3.63, 3.8) is 0 Å². The minimum atomic E-state index is -0.732. The number of H-pyrrole nitrogens is 1. The molecule has 2 aliphatic rings. The molecule has 0 fully saturated rings. The van der Waals surface area contributed by atoms with E-state index in [0.717, 1.165) is 29.8 Å². The van der Waals surface area contributed by atoms with Gasteiger partial charge in [-0.2, -0.15) is 5.21 Å². The second kappa shape index (κ2) is 4.87. The van der Waals surface area contributed by atoms with Gasteiger partial charge in [-0.15, -0.1) is 10.2 Å². The summed E-state index contributed by atoms with van der Waals surface area (Å²) in [6.45, 7) is 2.09. The lowest BCUT2D eigenvalue weighted by Gasteiger charge is -2.32. The molecule has 2 N–H and O–H groups in total. The smallest absolute Gasteiger partial charge is 0.270 e. The lowest BCUT2D eigenvalue weighted by Crippen LogP contribution is -2.34. The highest BCUT2D eigenvalue weighted by Crippen LogP contribution is 2.51. The summed E-state index contributed by atoms with van der Waals surface area (Å²) < 4.78 is 1.58. The number of hydrogen-bond acceptors (Lipinski definition) is 6. The molecule has 0 saturated heterocycles. The maximum atomic E-state index is 13.3. The summed E-state index contributed by atoms with van der Waals surface area (Å²) in [7, 11) is 0. The van der Waals surface area contributed by atoms with Gasteiger partial charge in [-0.3, -0.25) is 14.2 Å². The summed E-state index contributed by atoms with van der Waals surface area (Å²) in [5.41, 5.74) is 2.05. The van der Waals surface area contributed by atoms with Gasteiger partial charge in [0.1, 0.15) is 11.3 Å². The zero-order valence-corrected chi connectivity index (χ0v) is 14.0. The second-order valence-corrected chi connectivity index (χ2v) is 6.96. The summed E-state index contributed by atoms with van der Waals surface area (Å²) in [4.78, 5) is 26.0. The molecule has 1 aromatic carbocycles. The summed E-state index contributed by atoms with van der Waals surface area (Å²) >= 11 is 0. The van der Waals surface area contributed by atoms with Gasteiger partial charge in [0.2, 0.25) is 11.6 Å². The molecule has 0 bridgehead atoms. The highest BCUT2D eigenvalue weighted by atomic mass is 16.3. The van der Waals surface area contributed by atoms with Crippen LogP contribution in [0.1, 0.15) is 52.8 Å². The number of carbonyl (C=O) groups is 1. The van der Waals surface area contributed by atoms with E-state index in [1.807, 2.05) is 24.3 Å². The van der Waals surface area contributed by atoms with Crippen LogP contribution in [0.4, 0.5) is 0 Å². The first-order valence-electron chi connectivity index (χ1n) is 8.43. The third kappa shape index (κ3) is 1.66. The van der Waals surface area contributed by atoms with Crippen LogP contribution in [-0.4, -0.2) is 36.1 Å². The molecule has 1 atom stereocenters. The second-order valence-electron chi connectivity index (χ2n) is 6.96. The monoisotopic (exact) mass is 349 g/mol. The molecule has 3 heterocycles. The largest absolute Gasteiger partial charge is 0.507 e. The van der Waals surface area contributed by atoms with E-state index in [9.17, 15) is 14.7 Å². The summed E-state index contributed by atoms with van der Waals surface area (Å²) in [6, 6.07) is 7.70. The predicted molar refractivity (Wildman–Crippen MR) is 90.7 cm³/mol. The normalized spacial score (nSPS) is 19.9. The molecule has 5 rings (SSSR count). The van der Waals surface area contributed by atoms with Gasteiger partial charge in [-0.05, 0) is 43.0 Å². The van der Waals surface area contributed by atoms with Crippen molar-refractivity contribution in [3.05, 3.63) is 62.8 Å². The van der Waals surface area contributed by atoms with Crippen LogP contribution in [0, 0.1) is 0 Å². The molecule has 3 aromatic rings. The summed E-state index contributed by atoms with van der Waals surface area (Å²) in [5, 5.41) is 23.7. The van der Waals surface area contributed by atoms with Gasteiger partial charge in [0, 0.05) is 16.7 Å². The number of carbonyl (C=O) groups excluding carboxylic acids is 1. The van der Waals surface area contributed by atoms with Gasteiger partial charge >= 0.3 is 0 Å². The molecule has 1 unspecified atom stereocenters. The van der Waals surface area contributed by atoms with E-state index in [4.69, 9.17) is 0 Å². The Bertz CT molecular complexity index is 1130. The lowest BCUT2D eigenvalue weighted by atomic mass is 9.71. The average molecular weight is 349 g/mol. The number of para-hydroxylation sites is 1. The fourth-order valence-corrected chi connectivity index (χ4v) is 4.47. The minimum absolute atomic E-state index is 0.241. The van der Waals surface area contributed by atoms with Crippen LogP contribution < -0.4 is 5.56 Å². The maximum Gasteiger partial charge on any atom is 0.270 e. The van der Waals surface area contributed by atoms with Crippen LogP contribution in [0.2, 0.25) is 0 Å². The van der Waals surface area contributed by atoms with Crippen molar-refractivity contribution in [1.29, 1.82) is 0 Å². The Morgan fingerprint density at radius 1 is 1.35 bits per heavy atom. The molecular formula is C18H15N5O3. The molecule has 1 aliphatic carbocycles. The molecule has 8 nitrogen and oxygen atoms in total. The van der Waals surface area contributed by atoms with E-state index in [1.165, 1.54) is 0 Å². The van der Waals surface area contributed by atoms with Crippen molar-refractivity contribution in [2.75, 3.05) is 0 Å².